The number of ether oxygens (including phenoxy) is 1. The molecule has 0 atom stereocenters. The summed E-state index contributed by atoms with van der Waals surface area (Å²) in [6, 6.07) is 6.06. The smallest absolute Gasteiger partial charge is 0.227 e. The molecule has 0 spiro atoms. The minimum absolute atomic E-state index is 0.0986. The van der Waals surface area contributed by atoms with Crippen molar-refractivity contribution in [3.63, 3.8) is 0 Å². The van der Waals surface area contributed by atoms with Gasteiger partial charge in [0.15, 0.2) is 0 Å². The summed E-state index contributed by atoms with van der Waals surface area (Å²) in [6.07, 6.45) is 6.24. The first kappa shape index (κ1) is 21.3. The summed E-state index contributed by atoms with van der Waals surface area (Å²) in [6.45, 7) is 10.5. The molecular formula is C22H24ClN3O2S. The van der Waals surface area contributed by atoms with E-state index in [1.165, 1.54) is 0 Å². The Kier molecular flexibility index (Phi) is 7.23. The average Bonchev–Trinajstić information content (AvgIpc) is 3.29. The van der Waals surface area contributed by atoms with E-state index in [-0.39, 0.29) is 5.91 Å². The van der Waals surface area contributed by atoms with E-state index >= 15 is 0 Å². The molecule has 0 aliphatic carbocycles. The lowest BCUT2D eigenvalue weighted by Gasteiger charge is -2.30. The van der Waals surface area contributed by atoms with E-state index in [1.54, 1.807) is 24.0 Å². The van der Waals surface area contributed by atoms with Crippen LogP contribution in [-0.2, 0) is 9.53 Å². The number of fused-ring (bicyclic) bond motifs is 1. The van der Waals surface area contributed by atoms with Crippen LogP contribution < -0.4 is 4.90 Å². The number of halogens is 1. The molecule has 0 bridgehead atoms. The maximum absolute atomic E-state index is 12.9. The molecule has 2 aromatic rings. The number of H-pyrrole nitrogens is 1. The number of aromatic amines is 1. The molecule has 1 amide bonds. The highest BCUT2D eigenvalue weighted by Gasteiger charge is 2.25. The Labute approximate surface area is 180 Å². The van der Waals surface area contributed by atoms with Crippen molar-refractivity contribution in [2.45, 2.75) is 24.7 Å². The second-order valence-corrected chi connectivity index (χ2v) is 8.10. The van der Waals surface area contributed by atoms with Gasteiger partial charge >= 0.3 is 0 Å². The molecule has 5 nitrogen and oxygen atoms in total. The summed E-state index contributed by atoms with van der Waals surface area (Å²) in [5.74, 6) is 1.47. The molecule has 29 heavy (non-hydrogen) atoms. The zero-order chi connectivity index (χ0) is 20.8. The number of amides is 1. The molecule has 1 aliphatic rings. The van der Waals surface area contributed by atoms with Crippen LogP contribution >= 0.6 is 23.4 Å². The quantitative estimate of drug-likeness (QED) is 0.340. The third-order valence-corrected chi connectivity index (χ3v) is 6.27. The Hall–Kier alpha value is -2.44. The van der Waals surface area contributed by atoms with Crippen LogP contribution in [0.25, 0.3) is 11.1 Å². The Morgan fingerprint density at radius 1 is 1.48 bits per heavy atom. The first-order valence-corrected chi connectivity index (χ1v) is 10.8. The molecule has 152 valence electrons. The van der Waals surface area contributed by atoms with E-state index in [0.29, 0.717) is 36.8 Å². The summed E-state index contributed by atoms with van der Waals surface area (Å²) in [4.78, 5) is 15.9. The minimum Gasteiger partial charge on any atom is -0.494 e. The van der Waals surface area contributed by atoms with Gasteiger partial charge in [0.25, 0.3) is 0 Å². The number of carbonyl (C=O) groups excluding carboxylic acids is 1. The summed E-state index contributed by atoms with van der Waals surface area (Å²) in [5.41, 5.74) is 3.84. The van der Waals surface area contributed by atoms with Crippen molar-refractivity contribution >= 4 is 35.0 Å². The number of allylic oxidation sites excluding steroid dienone is 3. The molecule has 1 aromatic carbocycles. The van der Waals surface area contributed by atoms with Gasteiger partial charge in [-0.3, -0.25) is 9.89 Å². The van der Waals surface area contributed by atoms with Crippen molar-refractivity contribution in [3.05, 3.63) is 66.2 Å². The van der Waals surface area contributed by atoms with Gasteiger partial charge in [-0.25, -0.2) is 0 Å². The maximum Gasteiger partial charge on any atom is 0.227 e. The molecule has 0 unspecified atom stereocenters. The molecule has 1 aliphatic heterocycles. The lowest BCUT2D eigenvalue weighted by Crippen LogP contribution is -2.35. The second kappa shape index (κ2) is 9.85. The van der Waals surface area contributed by atoms with Crippen molar-refractivity contribution < 1.29 is 9.53 Å². The van der Waals surface area contributed by atoms with Crippen molar-refractivity contribution in [1.29, 1.82) is 0 Å². The molecule has 0 radical (unpaired) electrons. The number of aromatic nitrogens is 2. The van der Waals surface area contributed by atoms with Crippen LogP contribution in [0.2, 0.25) is 0 Å². The number of benzene rings is 1. The standard InChI is InChI=1S/C22H24ClN3O2S/c1-4-19(23)15(2)16(3)28-11-6-9-21(27)26-10-12-29-22-18(7-5-8-20(22)26)17-13-24-25-14-17/h4-5,7-8,13-14H,1,3,6,9-12H2,2H3,(H,24,25)/b19-15+. The minimum atomic E-state index is 0.0986. The number of carbonyl (C=O) groups is 1. The number of hydrogen-bond acceptors (Lipinski definition) is 4. The van der Waals surface area contributed by atoms with Crippen LogP contribution in [0.1, 0.15) is 19.8 Å². The highest BCUT2D eigenvalue weighted by molar-refractivity contribution is 7.99. The van der Waals surface area contributed by atoms with Gasteiger partial charge < -0.3 is 9.64 Å². The summed E-state index contributed by atoms with van der Waals surface area (Å²) < 4.78 is 5.63. The average molecular weight is 430 g/mol. The summed E-state index contributed by atoms with van der Waals surface area (Å²) in [7, 11) is 0. The van der Waals surface area contributed by atoms with Gasteiger partial charge in [-0.15, -0.1) is 11.8 Å². The van der Waals surface area contributed by atoms with Gasteiger partial charge in [0.2, 0.25) is 5.91 Å². The molecule has 0 saturated carbocycles. The monoisotopic (exact) mass is 429 g/mol. The van der Waals surface area contributed by atoms with Crippen molar-refractivity contribution in [3.8, 4) is 11.1 Å². The van der Waals surface area contributed by atoms with E-state index in [2.05, 4.69) is 29.4 Å². The number of rotatable bonds is 8. The van der Waals surface area contributed by atoms with Gasteiger partial charge in [-0.05, 0) is 19.4 Å². The summed E-state index contributed by atoms with van der Waals surface area (Å²) in [5, 5.41) is 7.41. The van der Waals surface area contributed by atoms with Gasteiger partial charge in [-0.1, -0.05) is 43.0 Å². The normalized spacial score (nSPS) is 14.1. The second-order valence-electron chi connectivity index (χ2n) is 6.59. The first-order valence-electron chi connectivity index (χ1n) is 9.39. The van der Waals surface area contributed by atoms with E-state index in [1.807, 2.05) is 30.2 Å². The fourth-order valence-corrected chi connectivity index (χ4v) is 4.33. The number of hydrogen-bond donors (Lipinski definition) is 1. The fourth-order valence-electron chi connectivity index (χ4n) is 3.08. The van der Waals surface area contributed by atoms with E-state index in [4.69, 9.17) is 16.3 Å². The Bertz CT molecular complexity index is 938. The summed E-state index contributed by atoms with van der Waals surface area (Å²) >= 11 is 7.80. The zero-order valence-corrected chi connectivity index (χ0v) is 18.0. The van der Waals surface area contributed by atoms with Crippen molar-refractivity contribution in [1.82, 2.24) is 10.2 Å². The third-order valence-electron chi connectivity index (χ3n) is 4.72. The van der Waals surface area contributed by atoms with E-state index in [9.17, 15) is 4.79 Å². The maximum atomic E-state index is 12.9. The Balaban J connectivity index is 1.62. The van der Waals surface area contributed by atoms with Crippen LogP contribution in [0.3, 0.4) is 0 Å². The predicted octanol–water partition coefficient (Wildman–Crippen LogP) is 5.52. The number of nitrogens with one attached hydrogen (secondary N) is 1. The van der Waals surface area contributed by atoms with Gasteiger partial charge in [0.05, 0.1) is 18.5 Å². The Morgan fingerprint density at radius 3 is 3.03 bits per heavy atom. The molecular weight excluding hydrogens is 406 g/mol. The number of nitrogens with zero attached hydrogens (tertiary/aromatic N) is 2. The third kappa shape index (κ3) is 4.95. The zero-order valence-electron chi connectivity index (χ0n) is 16.4. The largest absolute Gasteiger partial charge is 0.494 e. The highest BCUT2D eigenvalue weighted by atomic mass is 35.5. The lowest BCUT2D eigenvalue weighted by molar-refractivity contribution is -0.118. The van der Waals surface area contributed by atoms with E-state index < -0.39 is 0 Å². The number of anilines is 1. The molecule has 0 fully saturated rings. The van der Waals surface area contributed by atoms with Crippen LogP contribution in [0.15, 0.2) is 71.1 Å². The topological polar surface area (TPSA) is 58.2 Å². The molecule has 2 heterocycles. The molecule has 1 N–H and O–H groups in total. The fraction of sp³-hybridized carbons (Fsp3) is 0.273. The highest BCUT2D eigenvalue weighted by Crippen LogP contribution is 2.41. The van der Waals surface area contributed by atoms with Gasteiger partial charge in [0, 0.05) is 51.5 Å². The predicted molar refractivity (Wildman–Crippen MR) is 120 cm³/mol. The van der Waals surface area contributed by atoms with Crippen molar-refractivity contribution in [2.75, 3.05) is 23.8 Å². The number of thioether (sulfide) groups is 1. The molecule has 7 heteroatoms. The van der Waals surface area contributed by atoms with Crippen molar-refractivity contribution in [2.24, 2.45) is 0 Å². The van der Waals surface area contributed by atoms with Gasteiger partial charge in [-0.2, -0.15) is 5.10 Å². The Morgan fingerprint density at radius 2 is 2.31 bits per heavy atom. The SMILES string of the molecule is C=C/C(Cl)=C(/C)C(=C)OCCCC(=O)N1CCSc2c(-c3cn[nH]c3)cccc21. The first-order chi connectivity index (χ1) is 14.0. The van der Waals surface area contributed by atoms with E-state index in [0.717, 1.165) is 33.0 Å². The lowest BCUT2D eigenvalue weighted by atomic mass is 10.1. The molecule has 1 aromatic heterocycles. The van der Waals surface area contributed by atoms with Crippen LogP contribution in [0.4, 0.5) is 5.69 Å². The van der Waals surface area contributed by atoms with Crippen LogP contribution in [-0.4, -0.2) is 35.0 Å². The van der Waals surface area contributed by atoms with Gasteiger partial charge in [0.1, 0.15) is 5.76 Å². The molecule has 0 saturated heterocycles. The molecule has 3 rings (SSSR count). The van der Waals surface area contributed by atoms with Crippen LogP contribution in [0, 0.1) is 0 Å². The van der Waals surface area contributed by atoms with Crippen LogP contribution in [0.5, 0.6) is 0 Å².